The van der Waals surface area contributed by atoms with Crippen molar-refractivity contribution < 1.29 is 9.18 Å². The number of hydrogen-bond acceptors (Lipinski definition) is 6. The lowest BCUT2D eigenvalue weighted by Crippen LogP contribution is -2.44. The third-order valence-corrected chi connectivity index (χ3v) is 6.68. The van der Waals surface area contributed by atoms with Crippen LogP contribution in [0.3, 0.4) is 0 Å². The van der Waals surface area contributed by atoms with Gasteiger partial charge in [-0.1, -0.05) is 11.6 Å². The van der Waals surface area contributed by atoms with Gasteiger partial charge in [0.25, 0.3) is 5.91 Å². The third-order valence-electron chi connectivity index (χ3n) is 6.29. The number of nitrogens with zero attached hydrogens (tertiary/aromatic N) is 5. The number of nitrogen functional groups attached to an aromatic ring is 1. The normalized spacial score (nSPS) is 21.5. The van der Waals surface area contributed by atoms with Crippen LogP contribution in [0.2, 0.25) is 5.02 Å². The van der Waals surface area contributed by atoms with E-state index in [0.717, 1.165) is 18.4 Å². The maximum absolute atomic E-state index is 15.4. The van der Waals surface area contributed by atoms with Crippen LogP contribution in [0.25, 0.3) is 11.1 Å². The van der Waals surface area contributed by atoms with Crippen LogP contribution >= 0.6 is 11.6 Å². The van der Waals surface area contributed by atoms with Gasteiger partial charge in [-0.2, -0.15) is 5.10 Å². The average molecular weight is 442 g/mol. The Morgan fingerprint density at radius 3 is 2.81 bits per heavy atom. The minimum absolute atomic E-state index is 0.0815. The van der Waals surface area contributed by atoms with E-state index in [2.05, 4.69) is 20.4 Å². The number of nitrogens with two attached hydrogens (primary N) is 1. The highest BCUT2D eigenvalue weighted by molar-refractivity contribution is 6.34. The maximum atomic E-state index is 15.4. The number of hydrogen-bond donors (Lipinski definition) is 2. The van der Waals surface area contributed by atoms with Gasteiger partial charge in [-0.15, -0.1) is 0 Å². The number of fused-ring (bicyclic) bond motifs is 2. The largest absolute Gasteiger partial charge is 0.398 e. The number of pyridine rings is 1. The molecule has 1 aliphatic heterocycles. The lowest BCUT2D eigenvalue weighted by atomic mass is 9.62. The van der Waals surface area contributed by atoms with Crippen molar-refractivity contribution in [2.45, 2.75) is 24.3 Å². The lowest BCUT2D eigenvalue weighted by molar-refractivity contribution is 0.0824. The Labute approximate surface area is 183 Å². The number of rotatable bonds is 3. The van der Waals surface area contributed by atoms with Gasteiger partial charge in [-0.3, -0.25) is 4.79 Å². The van der Waals surface area contributed by atoms with Crippen molar-refractivity contribution in [3.8, 4) is 11.1 Å². The van der Waals surface area contributed by atoms with Crippen LogP contribution in [0.4, 0.5) is 15.9 Å². The van der Waals surface area contributed by atoms with Crippen LogP contribution in [0.1, 0.15) is 34.8 Å². The molecule has 3 aromatic rings. The second-order valence-corrected chi connectivity index (χ2v) is 8.75. The Morgan fingerprint density at radius 2 is 2.13 bits per heavy atom. The van der Waals surface area contributed by atoms with Gasteiger partial charge in [-0.05, 0) is 25.0 Å². The molecule has 8 nitrogen and oxygen atoms in total. The van der Waals surface area contributed by atoms with Gasteiger partial charge in [0.2, 0.25) is 0 Å². The SMILES string of the molecule is CN(C)C(=O)c1c(N)ccc(-c2cnc3c(c2Cl)C2(CN3)CC(n3cncn3)C2)c1F. The summed E-state index contributed by atoms with van der Waals surface area (Å²) in [4.78, 5) is 22.3. The van der Waals surface area contributed by atoms with Gasteiger partial charge < -0.3 is 16.0 Å². The van der Waals surface area contributed by atoms with Crippen molar-refractivity contribution in [1.82, 2.24) is 24.6 Å². The van der Waals surface area contributed by atoms with Gasteiger partial charge in [0.05, 0.1) is 16.6 Å². The third kappa shape index (κ3) is 2.87. The summed E-state index contributed by atoms with van der Waals surface area (Å²) in [5, 5.41) is 8.01. The Kier molecular flexibility index (Phi) is 4.40. The molecule has 1 spiro atoms. The molecule has 1 amide bonds. The molecule has 0 radical (unpaired) electrons. The van der Waals surface area contributed by atoms with E-state index < -0.39 is 11.7 Å². The highest BCUT2D eigenvalue weighted by Gasteiger charge is 2.52. The summed E-state index contributed by atoms with van der Waals surface area (Å²) >= 11 is 6.86. The molecule has 160 valence electrons. The van der Waals surface area contributed by atoms with Gasteiger partial charge in [0.15, 0.2) is 0 Å². The fourth-order valence-electron chi connectivity index (χ4n) is 4.66. The molecular formula is C21H21ClFN7O. The first kappa shape index (κ1) is 19.7. The van der Waals surface area contributed by atoms with Crippen molar-refractivity contribution in [2.24, 2.45) is 0 Å². The number of aromatic nitrogens is 4. The Morgan fingerprint density at radius 1 is 1.35 bits per heavy atom. The first-order chi connectivity index (χ1) is 14.8. The molecule has 0 atom stereocenters. The average Bonchev–Trinajstić information content (AvgIpc) is 3.36. The first-order valence-electron chi connectivity index (χ1n) is 9.89. The van der Waals surface area contributed by atoms with Crippen molar-refractivity contribution >= 4 is 29.0 Å². The molecular weight excluding hydrogens is 421 g/mol. The van der Waals surface area contributed by atoms with E-state index in [1.165, 1.54) is 17.3 Å². The topological polar surface area (TPSA) is 102 Å². The minimum atomic E-state index is -0.698. The van der Waals surface area contributed by atoms with Crippen LogP contribution in [0.5, 0.6) is 0 Å². The van der Waals surface area contributed by atoms with Crippen LogP contribution in [-0.2, 0) is 5.41 Å². The summed E-state index contributed by atoms with van der Waals surface area (Å²) in [6.45, 7) is 0.707. The standard InChI is InChI=1S/C21H21ClFN7O/c1-29(2)20(31)15-14(24)4-3-12(18(15)23)13-7-26-19-16(17(13)22)21(8-27-19)5-11(6-21)30-10-25-9-28-30/h3-4,7,9-11H,5-6,8,24H2,1-2H3,(H,26,27). The number of carbonyl (C=O) groups is 1. The predicted molar refractivity (Wildman–Crippen MR) is 116 cm³/mol. The fraction of sp³-hybridized carbons (Fsp3) is 0.333. The highest BCUT2D eigenvalue weighted by atomic mass is 35.5. The molecule has 1 fully saturated rings. The van der Waals surface area contributed by atoms with E-state index in [1.807, 2.05) is 4.68 Å². The predicted octanol–water partition coefficient (Wildman–Crippen LogP) is 3.12. The van der Waals surface area contributed by atoms with E-state index in [4.69, 9.17) is 17.3 Å². The molecule has 1 aromatic carbocycles. The van der Waals surface area contributed by atoms with Gasteiger partial charge in [0, 0.05) is 54.6 Å². The minimum Gasteiger partial charge on any atom is -0.398 e. The second-order valence-electron chi connectivity index (χ2n) is 8.37. The Bertz CT molecular complexity index is 1190. The Hall–Kier alpha value is -3.20. The number of carbonyl (C=O) groups excluding carboxylic acids is 1. The van der Waals surface area contributed by atoms with E-state index in [0.29, 0.717) is 22.9 Å². The smallest absolute Gasteiger partial charge is 0.258 e. The van der Waals surface area contributed by atoms with Crippen molar-refractivity contribution in [2.75, 3.05) is 31.7 Å². The Balaban J connectivity index is 1.57. The van der Waals surface area contributed by atoms with E-state index >= 15 is 4.39 Å². The van der Waals surface area contributed by atoms with E-state index in [1.54, 1.807) is 32.7 Å². The summed E-state index contributed by atoms with van der Waals surface area (Å²) < 4.78 is 17.3. The van der Waals surface area contributed by atoms with Crippen molar-refractivity contribution in [3.05, 3.63) is 53.0 Å². The molecule has 1 aliphatic carbocycles. The molecule has 3 N–H and O–H groups in total. The summed E-state index contributed by atoms with van der Waals surface area (Å²) in [6, 6.07) is 3.30. The lowest BCUT2D eigenvalue weighted by Gasteiger charge is -2.45. The molecule has 5 rings (SSSR count). The second kappa shape index (κ2) is 6.91. The molecule has 0 unspecified atom stereocenters. The number of benzene rings is 1. The van der Waals surface area contributed by atoms with E-state index in [-0.39, 0.29) is 28.3 Å². The fourth-order valence-corrected chi connectivity index (χ4v) is 5.10. The molecule has 1 saturated carbocycles. The zero-order valence-corrected chi connectivity index (χ0v) is 17.8. The van der Waals surface area contributed by atoms with Crippen LogP contribution in [-0.4, -0.2) is 51.2 Å². The maximum Gasteiger partial charge on any atom is 0.258 e. The van der Waals surface area contributed by atoms with Crippen LogP contribution in [0.15, 0.2) is 31.0 Å². The summed E-state index contributed by atoms with van der Waals surface area (Å²) in [5.41, 5.74) is 7.17. The van der Waals surface area contributed by atoms with Crippen LogP contribution < -0.4 is 11.1 Å². The molecule has 31 heavy (non-hydrogen) atoms. The number of amides is 1. The molecule has 2 aliphatic rings. The number of halogens is 2. The summed E-state index contributed by atoms with van der Waals surface area (Å²) in [7, 11) is 3.10. The first-order valence-corrected chi connectivity index (χ1v) is 10.3. The quantitative estimate of drug-likeness (QED) is 0.605. The van der Waals surface area contributed by atoms with Gasteiger partial charge >= 0.3 is 0 Å². The number of nitrogens with one attached hydrogen (secondary N) is 1. The summed E-state index contributed by atoms with van der Waals surface area (Å²) in [6.07, 6.45) is 6.43. The van der Waals surface area contributed by atoms with Crippen molar-refractivity contribution in [3.63, 3.8) is 0 Å². The monoisotopic (exact) mass is 441 g/mol. The van der Waals surface area contributed by atoms with Gasteiger partial charge in [0.1, 0.15) is 24.3 Å². The highest BCUT2D eigenvalue weighted by Crippen LogP contribution is 2.57. The zero-order chi connectivity index (χ0) is 21.9. The molecule has 0 bridgehead atoms. The van der Waals surface area contributed by atoms with Crippen molar-refractivity contribution in [1.29, 1.82) is 0 Å². The van der Waals surface area contributed by atoms with E-state index in [9.17, 15) is 4.79 Å². The molecule has 2 aromatic heterocycles. The number of anilines is 2. The molecule has 0 saturated heterocycles. The van der Waals surface area contributed by atoms with Gasteiger partial charge in [-0.25, -0.2) is 19.0 Å². The summed E-state index contributed by atoms with van der Waals surface area (Å²) in [5.74, 6) is -0.488. The molecule has 3 heterocycles. The molecule has 10 heteroatoms. The van der Waals surface area contributed by atoms with Crippen LogP contribution in [0, 0.1) is 5.82 Å². The zero-order valence-electron chi connectivity index (χ0n) is 17.1.